The number of hydrogen-bond acceptors (Lipinski definition) is 1. The molecule has 2 aromatic rings. The molecule has 1 fully saturated rings. The van der Waals surface area contributed by atoms with E-state index in [-0.39, 0.29) is 0 Å². The zero-order valence-electron chi connectivity index (χ0n) is 12.8. The summed E-state index contributed by atoms with van der Waals surface area (Å²) in [7, 11) is 0. The van der Waals surface area contributed by atoms with E-state index in [1.54, 1.807) is 0 Å². The molecule has 21 heavy (non-hydrogen) atoms. The van der Waals surface area contributed by atoms with E-state index in [1.807, 2.05) is 0 Å². The standard InChI is InChI=1S/C20H24S/c1-2-15-3-5-16(6-4-15)17-7-9-18(10-8-17)19-11-13-20(21)14-12-19/h3-6,11-14,17-18,21H,2,7-10H2,1H3. The first kappa shape index (κ1) is 14.7. The first-order valence-electron chi connectivity index (χ1n) is 8.14. The van der Waals surface area contributed by atoms with Crippen LogP contribution in [0.2, 0.25) is 0 Å². The van der Waals surface area contributed by atoms with E-state index in [1.165, 1.54) is 42.4 Å². The number of rotatable bonds is 3. The summed E-state index contributed by atoms with van der Waals surface area (Å²) in [5, 5.41) is 0. The Hall–Kier alpha value is -1.21. The smallest absolute Gasteiger partial charge is 0.00401 e. The molecule has 0 aromatic heterocycles. The van der Waals surface area contributed by atoms with Crippen molar-refractivity contribution in [3.63, 3.8) is 0 Å². The van der Waals surface area contributed by atoms with Crippen LogP contribution in [-0.2, 0) is 6.42 Å². The van der Waals surface area contributed by atoms with Crippen molar-refractivity contribution >= 4 is 12.6 Å². The van der Waals surface area contributed by atoms with Crippen molar-refractivity contribution in [2.24, 2.45) is 0 Å². The monoisotopic (exact) mass is 296 g/mol. The fourth-order valence-corrected chi connectivity index (χ4v) is 3.68. The Kier molecular flexibility index (Phi) is 4.70. The summed E-state index contributed by atoms with van der Waals surface area (Å²) in [5.74, 6) is 1.50. The molecule has 0 unspecified atom stereocenters. The van der Waals surface area contributed by atoms with Crippen LogP contribution in [0.4, 0.5) is 0 Å². The largest absolute Gasteiger partial charge is 0.143 e. The normalized spacial score (nSPS) is 22.2. The number of hydrogen-bond donors (Lipinski definition) is 1. The minimum Gasteiger partial charge on any atom is -0.143 e. The van der Waals surface area contributed by atoms with Crippen molar-refractivity contribution in [1.82, 2.24) is 0 Å². The summed E-state index contributed by atoms with van der Waals surface area (Å²) in [6.07, 6.45) is 6.39. The molecule has 1 saturated carbocycles. The van der Waals surface area contributed by atoms with Gasteiger partial charge in [0.2, 0.25) is 0 Å². The average Bonchev–Trinajstić information content (AvgIpc) is 2.56. The lowest BCUT2D eigenvalue weighted by atomic mass is 9.76. The van der Waals surface area contributed by atoms with Crippen molar-refractivity contribution in [3.8, 4) is 0 Å². The molecule has 1 aliphatic rings. The van der Waals surface area contributed by atoms with Gasteiger partial charge in [0.05, 0.1) is 0 Å². The van der Waals surface area contributed by atoms with E-state index in [9.17, 15) is 0 Å². The molecule has 0 atom stereocenters. The van der Waals surface area contributed by atoms with Crippen LogP contribution in [0.5, 0.6) is 0 Å². The molecule has 0 nitrogen and oxygen atoms in total. The zero-order chi connectivity index (χ0) is 14.7. The minimum absolute atomic E-state index is 0.741. The van der Waals surface area contributed by atoms with E-state index >= 15 is 0 Å². The molecule has 0 amide bonds. The summed E-state index contributed by atoms with van der Waals surface area (Å²) in [6.45, 7) is 2.22. The van der Waals surface area contributed by atoms with Crippen molar-refractivity contribution in [3.05, 3.63) is 65.2 Å². The molecule has 0 saturated heterocycles. The van der Waals surface area contributed by atoms with Gasteiger partial charge in [-0.1, -0.05) is 43.3 Å². The molecule has 1 heteroatoms. The van der Waals surface area contributed by atoms with E-state index in [2.05, 4.69) is 68.1 Å². The molecule has 0 spiro atoms. The molecule has 0 bridgehead atoms. The highest BCUT2D eigenvalue weighted by Crippen LogP contribution is 2.40. The van der Waals surface area contributed by atoms with Gasteiger partial charge in [-0.15, -0.1) is 12.6 Å². The lowest BCUT2D eigenvalue weighted by Gasteiger charge is -2.29. The Labute approximate surface area is 134 Å². The van der Waals surface area contributed by atoms with Crippen molar-refractivity contribution in [2.45, 2.75) is 55.8 Å². The lowest BCUT2D eigenvalue weighted by molar-refractivity contribution is 0.396. The predicted molar refractivity (Wildman–Crippen MR) is 93.5 cm³/mol. The Balaban J connectivity index is 1.62. The third-order valence-electron chi connectivity index (χ3n) is 4.95. The fourth-order valence-electron chi connectivity index (χ4n) is 3.53. The summed E-state index contributed by atoms with van der Waals surface area (Å²) in [6, 6.07) is 18.0. The maximum Gasteiger partial charge on any atom is 0.00401 e. The topological polar surface area (TPSA) is 0 Å². The highest BCUT2D eigenvalue weighted by molar-refractivity contribution is 7.80. The van der Waals surface area contributed by atoms with E-state index in [0.29, 0.717) is 0 Å². The first-order valence-corrected chi connectivity index (χ1v) is 8.58. The zero-order valence-corrected chi connectivity index (χ0v) is 13.7. The predicted octanol–water partition coefficient (Wildman–Crippen LogP) is 5.98. The fraction of sp³-hybridized carbons (Fsp3) is 0.400. The first-order chi connectivity index (χ1) is 10.3. The third kappa shape index (κ3) is 3.52. The van der Waals surface area contributed by atoms with Crippen LogP contribution in [-0.4, -0.2) is 0 Å². The lowest BCUT2D eigenvalue weighted by Crippen LogP contribution is -2.12. The van der Waals surface area contributed by atoms with E-state index in [4.69, 9.17) is 0 Å². The van der Waals surface area contributed by atoms with Gasteiger partial charge in [-0.05, 0) is 72.8 Å². The van der Waals surface area contributed by atoms with Crippen molar-refractivity contribution in [1.29, 1.82) is 0 Å². The summed E-state index contributed by atoms with van der Waals surface area (Å²) in [5.41, 5.74) is 4.48. The summed E-state index contributed by atoms with van der Waals surface area (Å²) >= 11 is 4.37. The van der Waals surface area contributed by atoms with Crippen molar-refractivity contribution in [2.75, 3.05) is 0 Å². The van der Waals surface area contributed by atoms with Crippen LogP contribution < -0.4 is 0 Å². The molecule has 0 heterocycles. The van der Waals surface area contributed by atoms with Gasteiger partial charge in [-0.3, -0.25) is 0 Å². The minimum atomic E-state index is 0.741. The number of benzene rings is 2. The highest BCUT2D eigenvalue weighted by Gasteiger charge is 2.23. The molecular weight excluding hydrogens is 272 g/mol. The van der Waals surface area contributed by atoms with Gasteiger partial charge in [-0.2, -0.15) is 0 Å². The van der Waals surface area contributed by atoms with Crippen LogP contribution >= 0.6 is 12.6 Å². The molecule has 110 valence electrons. The summed E-state index contributed by atoms with van der Waals surface area (Å²) in [4.78, 5) is 1.06. The maximum atomic E-state index is 4.37. The molecular formula is C20H24S. The molecule has 1 aliphatic carbocycles. The number of thiol groups is 1. The van der Waals surface area contributed by atoms with Crippen LogP contribution in [0.1, 0.15) is 61.1 Å². The van der Waals surface area contributed by atoms with Crippen LogP contribution in [0, 0.1) is 0 Å². The van der Waals surface area contributed by atoms with Gasteiger partial charge >= 0.3 is 0 Å². The van der Waals surface area contributed by atoms with Gasteiger partial charge in [0, 0.05) is 4.90 Å². The highest BCUT2D eigenvalue weighted by atomic mass is 32.1. The second-order valence-corrected chi connectivity index (χ2v) is 6.75. The van der Waals surface area contributed by atoms with Crippen molar-refractivity contribution < 1.29 is 0 Å². The molecule has 0 radical (unpaired) electrons. The third-order valence-corrected chi connectivity index (χ3v) is 5.25. The van der Waals surface area contributed by atoms with E-state index < -0.39 is 0 Å². The van der Waals surface area contributed by atoms with Crippen LogP contribution in [0.3, 0.4) is 0 Å². The van der Waals surface area contributed by atoms with Gasteiger partial charge in [0.25, 0.3) is 0 Å². The SMILES string of the molecule is CCc1ccc(C2CCC(c3ccc(S)cc3)CC2)cc1. The van der Waals surface area contributed by atoms with Crippen LogP contribution in [0.25, 0.3) is 0 Å². The Morgan fingerprint density at radius 1 is 0.762 bits per heavy atom. The van der Waals surface area contributed by atoms with Gasteiger partial charge in [0.1, 0.15) is 0 Å². The van der Waals surface area contributed by atoms with Crippen LogP contribution in [0.15, 0.2) is 53.4 Å². The molecule has 3 rings (SSSR count). The van der Waals surface area contributed by atoms with Gasteiger partial charge < -0.3 is 0 Å². The Morgan fingerprint density at radius 3 is 1.62 bits per heavy atom. The molecule has 0 aliphatic heterocycles. The average molecular weight is 296 g/mol. The number of aryl methyl sites for hydroxylation is 1. The van der Waals surface area contributed by atoms with Gasteiger partial charge in [0.15, 0.2) is 0 Å². The Morgan fingerprint density at radius 2 is 1.19 bits per heavy atom. The second-order valence-electron chi connectivity index (χ2n) is 6.24. The Bertz CT molecular complexity index is 560. The molecule has 0 N–H and O–H groups in total. The second kappa shape index (κ2) is 6.70. The summed E-state index contributed by atoms with van der Waals surface area (Å²) < 4.78 is 0. The van der Waals surface area contributed by atoms with E-state index in [0.717, 1.165) is 23.2 Å². The maximum absolute atomic E-state index is 4.37. The quantitative estimate of drug-likeness (QED) is 0.662. The molecule has 2 aromatic carbocycles. The van der Waals surface area contributed by atoms with Gasteiger partial charge in [-0.25, -0.2) is 0 Å².